The van der Waals surface area contributed by atoms with Gasteiger partial charge >= 0.3 is 0 Å². The van der Waals surface area contributed by atoms with Crippen LogP contribution in [-0.2, 0) is 0 Å². The number of pyridine rings is 1. The summed E-state index contributed by atoms with van der Waals surface area (Å²) in [5, 5.41) is 14.0. The second-order valence-corrected chi connectivity index (χ2v) is 5.09. The van der Waals surface area contributed by atoms with E-state index in [1.54, 1.807) is 29.7 Å². The SMILES string of the molecule is COc1ncccc1C(=O)N[C@H](CCO)c1cccs1. The Hall–Kier alpha value is -1.92. The Labute approximate surface area is 121 Å². The van der Waals surface area contributed by atoms with Crippen LogP contribution in [0.25, 0.3) is 0 Å². The van der Waals surface area contributed by atoms with Gasteiger partial charge in [-0.15, -0.1) is 11.3 Å². The second-order valence-electron chi connectivity index (χ2n) is 4.11. The number of hydrogen-bond acceptors (Lipinski definition) is 5. The van der Waals surface area contributed by atoms with E-state index in [0.29, 0.717) is 17.9 Å². The number of nitrogens with one attached hydrogen (secondary N) is 1. The van der Waals surface area contributed by atoms with Crippen LogP contribution in [0.15, 0.2) is 35.8 Å². The number of aromatic nitrogens is 1. The van der Waals surface area contributed by atoms with Crippen molar-refractivity contribution in [3.63, 3.8) is 0 Å². The number of thiophene rings is 1. The third-order valence-electron chi connectivity index (χ3n) is 2.82. The molecule has 2 aromatic heterocycles. The molecule has 0 bridgehead atoms. The molecular weight excluding hydrogens is 276 g/mol. The molecule has 5 nitrogen and oxygen atoms in total. The maximum absolute atomic E-state index is 12.3. The highest BCUT2D eigenvalue weighted by Crippen LogP contribution is 2.23. The number of amides is 1. The van der Waals surface area contributed by atoms with Crippen molar-refractivity contribution in [1.82, 2.24) is 10.3 Å². The van der Waals surface area contributed by atoms with E-state index in [2.05, 4.69) is 10.3 Å². The Morgan fingerprint density at radius 1 is 1.50 bits per heavy atom. The number of ether oxygens (including phenoxy) is 1. The fraction of sp³-hybridized carbons (Fsp3) is 0.286. The highest BCUT2D eigenvalue weighted by atomic mass is 32.1. The van der Waals surface area contributed by atoms with Gasteiger partial charge in [-0.3, -0.25) is 4.79 Å². The molecule has 0 aliphatic heterocycles. The third-order valence-corrected chi connectivity index (χ3v) is 3.80. The van der Waals surface area contributed by atoms with Crippen molar-refractivity contribution in [3.05, 3.63) is 46.3 Å². The van der Waals surface area contributed by atoms with Gasteiger partial charge in [-0.1, -0.05) is 6.07 Å². The Morgan fingerprint density at radius 2 is 2.35 bits per heavy atom. The highest BCUT2D eigenvalue weighted by molar-refractivity contribution is 7.10. The fourth-order valence-corrected chi connectivity index (χ4v) is 2.68. The van der Waals surface area contributed by atoms with Crippen molar-refractivity contribution in [2.45, 2.75) is 12.5 Å². The predicted molar refractivity (Wildman–Crippen MR) is 77.0 cm³/mol. The molecule has 0 aliphatic rings. The van der Waals surface area contributed by atoms with Crippen molar-refractivity contribution in [2.75, 3.05) is 13.7 Å². The second kappa shape index (κ2) is 7.02. The molecule has 1 atom stereocenters. The molecule has 0 fully saturated rings. The van der Waals surface area contributed by atoms with Crippen molar-refractivity contribution in [2.24, 2.45) is 0 Å². The van der Waals surface area contributed by atoms with E-state index in [1.807, 2.05) is 17.5 Å². The molecular formula is C14H16N2O3S. The van der Waals surface area contributed by atoms with Gasteiger partial charge < -0.3 is 15.2 Å². The zero-order valence-corrected chi connectivity index (χ0v) is 11.9. The Morgan fingerprint density at radius 3 is 3.00 bits per heavy atom. The quantitative estimate of drug-likeness (QED) is 0.854. The summed E-state index contributed by atoms with van der Waals surface area (Å²) in [5.41, 5.74) is 0.384. The topological polar surface area (TPSA) is 71.5 Å². The van der Waals surface area contributed by atoms with E-state index in [0.717, 1.165) is 4.88 Å². The van der Waals surface area contributed by atoms with Crippen molar-refractivity contribution >= 4 is 17.2 Å². The maximum Gasteiger partial charge on any atom is 0.257 e. The summed E-state index contributed by atoms with van der Waals surface area (Å²) in [6.45, 7) is 0.00697. The van der Waals surface area contributed by atoms with Gasteiger partial charge in [0.15, 0.2) is 0 Å². The van der Waals surface area contributed by atoms with E-state index in [-0.39, 0.29) is 18.6 Å². The van der Waals surface area contributed by atoms with Crippen LogP contribution in [-0.4, -0.2) is 29.7 Å². The van der Waals surface area contributed by atoms with E-state index < -0.39 is 0 Å². The summed E-state index contributed by atoms with van der Waals surface area (Å²) in [7, 11) is 1.48. The van der Waals surface area contributed by atoms with Crippen LogP contribution >= 0.6 is 11.3 Å². The van der Waals surface area contributed by atoms with Gasteiger partial charge in [0, 0.05) is 17.7 Å². The lowest BCUT2D eigenvalue weighted by Crippen LogP contribution is -2.29. The summed E-state index contributed by atoms with van der Waals surface area (Å²) in [6.07, 6.45) is 2.04. The largest absolute Gasteiger partial charge is 0.480 e. The van der Waals surface area contributed by atoms with Crippen LogP contribution < -0.4 is 10.1 Å². The molecule has 0 aliphatic carbocycles. The Bertz CT molecular complexity index is 557. The molecule has 0 spiro atoms. The first-order valence-electron chi connectivity index (χ1n) is 6.20. The number of methoxy groups -OCH3 is 1. The highest BCUT2D eigenvalue weighted by Gasteiger charge is 2.19. The van der Waals surface area contributed by atoms with E-state index in [9.17, 15) is 4.79 Å². The van der Waals surface area contributed by atoms with Crippen molar-refractivity contribution in [1.29, 1.82) is 0 Å². The number of carbonyl (C=O) groups is 1. The van der Waals surface area contributed by atoms with E-state index in [4.69, 9.17) is 9.84 Å². The van der Waals surface area contributed by atoms with E-state index in [1.165, 1.54) is 7.11 Å². The molecule has 0 saturated carbocycles. The summed E-state index contributed by atoms with van der Waals surface area (Å²) in [6, 6.07) is 6.99. The van der Waals surface area contributed by atoms with Crippen LogP contribution in [0.2, 0.25) is 0 Å². The van der Waals surface area contributed by atoms with Crippen LogP contribution in [0.5, 0.6) is 5.88 Å². The molecule has 2 rings (SSSR count). The molecule has 0 radical (unpaired) electrons. The monoisotopic (exact) mass is 292 g/mol. The number of nitrogens with zero attached hydrogens (tertiary/aromatic N) is 1. The smallest absolute Gasteiger partial charge is 0.257 e. The van der Waals surface area contributed by atoms with Crippen LogP contribution in [0.3, 0.4) is 0 Å². The van der Waals surface area contributed by atoms with Crippen LogP contribution in [0, 0.1) is 0 Å². The number of rotatable bonds is 6. The molecule has 20 heavy (non-hydrogen) atoms. The minimum Gasteiger partial charge on any atom is -0.480 e. The summed E-state index contributed by atoms with van der Waals surface area (Å²) in [4.78, 5) is 17.3. The number of aliphatic hydroxyl groups is 1. The maximum atomic E-state index is 12.3. The average molecular weight is 292 g/mol. The van der Waals surface area contributed by atoms with Crippen molar-refractivity contribution in [3.8, 4) is 5.88 Å². The molecule has 2 aromatic rings. The van der Waals surface area contributed by atoms with Crippen molar-refractivity contribution < 1.29 is 14.6 Å². The number of hydrogen-bond donors (Lipinski definition) is 2. The fourth-order valence-electron chi connectivity index (χ4n) is 1.87. The molecule has 2 heterocycles. The lowest BCUT2D eigenvalue weighted by molar-refractivity contribution is 0.0927. The van der Waals surface area contributed by atoms with Gasteiger partial charge in [0.25, 0.3) is 5.91 Å². The Kier molecular flexibility index (Phi) is 5.09. The first-order valence-corrected chi connectivity index (χ1v) is 7.08. The normalized spacial score (nSPS) is 11.9. The average Bonchev–Trinajstić information content (AvgIpc) is 3.00. The molecule has 1 amide bonds. The van der Waals surface area contributed by atoms with Crippen LogP contribution in [0.1, 0.15) is 27.7 Å². The number of carbonyl (C=O) groups excluding carboxylic acids is 1. The first-order chi connectivity index (χ1) is 9.76. The van der Waals surface area contributed by atoms with Gasteiger partial charge in [0.05, 0.1) is 13.2 Å². The molecule has 2 N–H and O–H groups in total. The minimum atomic E-state index is -0.262. The molecule has 6 heteroatoms. The minimum absolute atomic E-state index is 0.00697. The summed E-state index contributed by atoms with van der Waals surface area (Å²) < 4.78 is 5.08. The molecule has 106 valence electrons. The van der Waals surface area contributed by atoms with Gasteiger partial charge in [0.2, 0.25) is 5.88 Å². The lowest BCUT2D eigenvalue weighted by atomic mass is 10.1. The number of aliphatic hydroxyl groups excluding tert-OH is 1. The van der Waals surface area contributed by atoms with Gasteiger partial charge in [-0.25, -0.2) is 4.98 Å². The zero-order valence-electron chi connectivity index (χ0n) is 11.1. The third kappa shape index (κ3) is 3.34. The predicted octanol–water partition coefficient (Wildman–Crippen LogP) is 2.01. The van der Waals surface area contributed by atoms with Gasteiger partial charge in [-0.2, -0.15) is 0 Å². The first kappa shape index (κ1) is 14.5. The lowest BCUT2D eigenvalue weighted by Gasteiger charge is -2.17. The molecule has 0 saturated heterocycles. The standard InChI is InChI=1S/C14H16N2O3S/c1-19-14-10(4-2-7-15-14)13(18)16-11(6-8-17)12-5-3-9-20-12/h2-5,7,9,11,17H,6,8H2,1H3,(H,16,18)/t11-/m1/s1. The summed E-state index contributed by atoms with van der Waals surface area (Å²) in [5.74, 6) is 0.0285. The summed E-state index contributed by atoms with van der Waals surface area (Å²) >= 11 is 1.55. The Balaban J connectivity index is 2.16. The molecule has 0 unspecified atom stereocenters. The van der Waals surface area contributed by atoms with Gasteiger partial charge in [-0.05, 0) is 30.0 Å². The van der Waals surface area contributed by atoms with Gasteiger partial charge in [0.1, 0.15) is 5.56 Å². The molecule has 0 aromatic carbocycles. The van der Waals surface area contributed by atoms with E-state index >= 15 is 0 Å². The van der Waals surface area contributed by atoms with Crippen LogP contribution in [0.4, 0.5) is 0 Å². The zero-order chi connectivity index (χ0) is 14.4.